The number of likely N-dealkylation sites (N-methyl/N-ethyl adjacent to an activating group) is 1. The Morgan fingerprint density at radius 3 is 2.66 bits per heavy atom. The van der Waals surface area contributed by atoms with Crippen molar-refractivity contribution in [3.8, 4) is 0 Å². The number of aromatic nitrogens is 2. The monoisotopic (exact) mass is 550 g/mol. The molecule has 3 aromatic rings. The van der Waals surface area contributed by atoms with Gasteiger partial charge in [-0.25, -0.2) is 11.6 Å². The second kappa shape index (κ2) is 11.4. The smallest absolute Gasteiger partial charge is 0.246 e. The van der Waals surface area contributed by atoms with Crippen molar-refractivity contribution in [2.75, 3.05) is 74.6 Å². The Morgan fingerprint density at radius 2 is 1.88 bits per heavy atom. The topological polar surface area (TPSA) is 63.4 Å². The van der Waals surface area contributed by atoms with Crippen LogP contribution in [0.15, 0.2) is 55.1 Å². The molecule has 2 atom stereocenters. The molecule has 0 saturated carbocycles. The van der Waals surface area contributed by atoms with Crippen LogP contribution in [0.4, 0.5) is 17.5 Å². The Balaban J connectivity index is 1.37. The molecular weight excluding hydrogens is 512 g/mol. The van der Waals surface area contributed by atoms with Crippen LogP contribution in [0.5, 0.6) is 0 Å². The number of piperazine rings is 1. The van der Waals surface area contributed by atoms with Crippen molar-refractivity contribution in [2.45, 2.75) is 31.5 Å². The number of hydrogen-bond acceptors (Lipinski definition) is 7. The predicted octanol–water partition coefficient (Wildman–Crippen LogP) is 3.46. The fourth-order valence-electron chi connectivity index (χ4n) is 6.55. The maximum absolute atomic E-state index is 12.6. The second-order valence-electron chi connectivity index (χ2n) is 11.5. The van der Waals surface area contributed by atoms with Gasteiger partial charge in [0.15, 0.2) is 0 Å². The van der Waals surface area contributed by atoms with Gasteiger partial charge in [0.1, 0.15) is 11.9 Å². The van der Waals surface area contributed by atoms with E-state index < -0.39 is 0 Å². The van der Waals surface area contributed by atoms with Crippen LogP contribution < -0.4 is 14.7 Å². The second-order valence-corrected chi connectivity index (χ2v) is 11.5. The van der Waals surface area contributed by atoms with E-state index in [-0.39, 0.29) is 18.5 Å². The van der Waals surface area contributed by atoms with Crippen molar-refractivity contribution < 1.29 is 4.79 Å². The molecule has 41 heavy (non-hydrogen) atoms. The third kappa shape index (κ3) is 5.20. The van der Waals surface area contributed by atoms with E-state index in [1.165, 1.54) is 28.1 Å². The van der Waals surface area contributed by atoms with Crippen molar-refractivity contribution >= 4 is 34.1 Å². The first kappa shape index (κ1) is 27.0. The fourth-order valence-corrected chi connectivity index (χ4v) is 6.55. The zero-order valence-electron chi connectivity index (χ0n) is 24.0. The lowest BCUT2D eigenvalue weighted by atomic mass is 10.0. The van der Waals surface area contributed by atoms with Gasteiger partial charge < -0.3 is 29.3 Å². The first-order chi connectivity index (χ1) is 20.0. The zero-order valence-corrected chi connectivity index (χ0v) is 24.0. The van der Waals surface area contributed by atoms with Crippen LogP contribution in [0.25, 0.3) is 15.6 Å². The summed E-state index contributed by atoms with van der Waals surface area (Å²) in [5.41, 5.74) is 3.50. The van der Waals surface area contributed by atoms with Gasteiger partial charge in [-0.2, -0.15) is 4.98 Å². The minimum Gasteiger partial charge on any atom is -0.365 e. The van der Waals surface area contributed by atoms with E-state index >= 15 is 0 Å². The first-order valence-corrected chi connectivity index (χ1v) is 14.5. The number of fused-ring (bicyclic) bond motifs is 2. The molecule has 3 aliphatic heterocycles. The molecule has 2 fully saturated rings. The van der Waals surface area contributed by atoms with E-state index in [1.807, 2.05) is 0 Å². The molecule has 9 heteroatoms. The van der Waals surface area contributed by atoms with Gasteiger partial charge in [0, 0.05) is 61.9 Å². The van der Waals surface area contributed by atoms with Crippen LogP contribution in [0.2, 0.25) is 0 Å². The molecule has 1 aromatic heterocycles. The SMILES string of the molecule is [C-]#[N+]C[C@H]1CN(c2nc(N3CCC(N(C)C)C3)nc3c2CCN(c2cccc4ccccc24)C3)CCN1C(=O)C=C. The van der Waals surface area contributed by atoms with Gasteiger partial charge in [-0.3, -0.25) is 4.79 Å². The van der Waals surface area contributed by atoms with Gasteiger partial charge in [0.05, 0.1) is 12.2 Å². The summed E-state index contributed by atoms with van der Waals surface area (Å²) in [4.78, 5) is 37.8. The average Bonchev–Trinajstić information content (AvgIpc) is 3.51. The Morgan fingerprint density at radius 1 is 1.05 bits per heavy atom. The third-order valence-corrected chi connectivity index (χ3v) is 8.86. The number of amides is 1. The van der Waals surface area contributed by atoms with E-state index in [4.69, 9.17) is 16.5 Å². The number of carbonyl (C=O) groups excluding carboxylic acids is 1. The molecule has 1 amide bonds. The molecule has 6 rings (SSSR count). The van der Waals surface area contributed by atoms with Crippen LogP contribution in [0.3, 0.4) is 0 Å². The molecule has 4 heterocycles. The summed E-state index contributed by atoms with van der Waals surface area (Å²) < 4.78 is 0. The fraction of sp³-hybridized carbons (Fsp3) is 0.438. The molecule has 2 aromatic carbocycles. The van der Waals surface area contributed by atoms with Crippen LogP contribution in [0, 0.1) is 6.57 Å². The van der Waals surface area contributed by atoms with Gasteiger partial charge in [-0.05, 0) is 44.5 Å². The number of carbonyl (C=O) groups is 1. The highest BCUT2D eigenvalue weighted by Crippen LogP contribution is 2.35. The lowest BCUT2D eigenvalue weighted by Crippen LogP contribution is -2.56. The Labute approximate surface area is 242 Å². The van der Waals surface area contributed by atoms with Crippen molar-refractivity contribution in [1.29, 1.82) is 0 Å². The van der Waals surface area contributed by atoms with E-state index in [9.17, 15) is 4.79 Å². The molecule has 2 saturated heterocycles. The van der Waals surface area contributed by atoms with Crippen molar-refractivity contribution in [2.24, 2.45) is 0 Å². The van der Waals surface area contributed by atoms with E-state index in [2.05, 4.69) is 87.6 Å². The molecule has 212 valence electrons. The lowest BCUT2D eigenvalue weighted by molar-refractivity contribution is -0.128. The first-order valence-electron chi connectivity index (χ1n) is 14.5. The van der Waals surface area contributed by atoms with Gasteiger partial charge in [0.25, 0.3) is 0 Å². The van der Waals surface area contributed by atoms with Crippen LogP contribution in [-0.4, -0.2) is 97.7 Å². The largest absolute Gasteiger partial charge is 0.365 e. The number of benzene rings is 2. The number of anilines is 3. The minimum absolute atomic E-state index is 0.110. The summed E-state index contributed by atoms with van der Waals surface area (Å²) in [6.07, 6.45) is 3.28. The summed E-state index contributed by atoms with van der Waals surface area (Å²) in [5.74, 6) is 1.65. The highest BCUT2D eigenvalue weighted by Gasteiger charge is 2.35. The van der Waals surface area contributed by atoms with Gasteiger partial charge >= 0.3 is 0 Å². The Kier molecular flexibility index (Phi) is 7.50. The summed E-state index contributed by atoms with van der Waals surface area (Å²) in [6, 6.07) is 15.4. The van der Waals surface area contributed by atoms with Crippen molar-refractivity contribution in [3.05, 3.63) is 77.8 Å². The summed E-state index contributed by atoms with van der Waals surface area (Å²) in [7, 11) is 4.27. The average molecular weight is 551 g/mol. The molecule has 1 unspecified atom stereocenters. The normalized spacial score (nSPS) is 20.8. The quantitative estimate of drug-likeness (QED) is 0.344. The van der Waals surface area contributed by atoms with Crippen LogP contribution in [0.1, 0.15) is 17.7 Å². The van der Waals surface area contributed by atoms with E-state index in [1.54, 1.807) is 4.90 Å². The van der Waals surface area contributed by atoms with Gasteiger partial charge in [-0.1, -0.05) is 43.0 Å². The lowest BCUT2D eigenvalue weighted by Gasteiger charge is -2.41. The minimum atomic E-state index is -0.193. The standard InChI is InChI=1S/C32H38N8O/c1-5-30(41)40-18-17-38(21-25(40)19-33-2)31-27-14-16-37(29-12-8-10-23-9-6-7-11-26(23)29)22-28(27)34-32(35-31)39-15-13-24(20-39)36(3)4/h5-12,24-25H,1,13-22H2,3-4H3/t24?,25-/m0/s1. The van der Waals surface area contributed by atoms with E-state index in [0.29, 0.717) is 25.7 Å². The molecule has 0 radical (unpaired) electrons. The number of hydrogen-bond donors (Lipinski definition) is 0. The number of nitrogens with zero attached hydrogens (tertiary/aromatic N) is 8. The predicted molar refractivity (Wildman–Crippen MR) is 164 cm³/mol. The maximum Gasteiger partial charge on any atom is 0.246 e. The van der Waals surface area contributed by atoms with Crippen LogP contribution >= 0.6 is 0 Å². The van der Waals surface area contributed by atoms with Crippen LogP contribution in [-0.2, 0) is 17.8 Å². The molecular formula is C32H38N8O. The van der Waals surface area contributed by atoms with E-state index in [0.717, 1.165) is 56.5 Å². The molecule has 3 aliphatic rings. The van der Waals surface area contributed by atoms with Gasteiger partial charge in [0.2, 0.25) is 18.4 Å². The summed E-state index contributed by atoms with van der Waals surface area (Å²) >= 11 is 0. The summed E-state index contributed by atoms with van der Waals surface area (Å²) in [6.45, 7) is 16.7. The Hall–Kier alpha value is -4.16. The highest BCUT2D eigenvalue weighted by molar-refractivity contribution is 5.94. The summed E-state index contributed by atoms with van der Waals surface area (Å²) in [5, 5.41) is 2.50. The zero-order chi connectivity index (χ0) is 28.5. The molecule has 0 aliphatic carbocycles. The van der Waals surface area contributed by atoms with Crippen molar-refractivity contribution in [3.63, 3.8) is 0 Å². The van der Waals surface area contributed by atoms with Crippen molar-refractivity contribution in [1.82, 2.24) is 19.8 Å². The molecule has 0 bridgehead atoms. The number of rotatable bonds is 6. The maximum atomic E-state index is 12.6. The molecule has 0 spiro atoms. The highest BCUT2D eigenvalue weighted by atomic mass is 16.2. The Bertz CT molecular complexity index is 1490. The molecule has 9 nitrogen and oxygen atoms in total. The van der Waals surface area contributed by atoms with Gasteiger partial charge in [-0.15, -0.1) is 0 Å². The third-order valence-electron chi connectivity index (χ3n) is 8.86. The molecule has 0 N–H and O–H groups in total.